The third-order valence-electron chi connectivity index (χ3n) is 4.91. The standard InChI is InChI=1S/C23H17ClN4OS/c1-13-3-8-18-19(11-13)30-23(27-18)15-4-6-17(7-5-15)26-22(29)21-14(2)25-20-12-16(24)9-10-28(20)21/h3-12H,1-2H3,(H,26,29). The van der Waals surface area contributed by atoms with Crippen LogP contribution in [0.3, 0.4) is 0 Å². The van der Waals surface area contributed by atoms with Gasteiger partial charge in [-0.05, 0) is 61.9 Å². The molecule has 3 aromatic heterocycles. The molecule has 0 fully saturated rings. The molecule has 0 saturated carbocycles. The number of halogens is 1. The van der Waals surface area contributed by atoms with E-state index in [4.69, 9.17) is 16.6 Å². The summed E-state index contributed by atoms with van der Waals surface area (Å²) < 4.78 is 2.92. The molecule has 0 bridgehead atoms. The summed E-state index contributed by atoms with van der Waals surface area (Å²) in [6.45, 7) is 3.89. The molecular formula is C23H17ClN4OS. The molecule has 7 heteroatoms. The lowest BCUT2D eigenvalue weighted by Gasteiger charge is -2.07. The van der Waals surface area contributed by atoms with E-state index < -0.39 is 0 Å². The maximum atomic E-state index is 12.9. The zero-order valence-electron chi connectivity index (χ0n) is 16.3. The number of thiazole rings is 1. The van der Waals surface area contributed by atoms with Crippen molar-refractivity contribution in [2.24, 2.45) is 0 Å². The second-order valence-electron chi connectivity index (χ2n) is 7.14. The number of aryl methyl sites for hydroxylation is 2. The smallest absolute Gasteiger partial charge is 0.274 e. The Morgan fingerprint density at radius 3 is 2.63 bits per heavy atom. The van der Waals surface area contributed by atoms with Crippen LogP contribution in [0.4, 0.5) is 5.69 Å². The molecule has 0 aliphatic carbocycles. The number of carbonyl (C=O) groups is 1. The topological polar surface area (TPSA) is 59.3 Å². The number of benzene rings is 2. The Kier molecular flexibility index (Phi) is 4.53. The molecule has 0 aliphatic heterocycles. The van der Waals surface area contributed by atoms with Gasteiger partial charge < -0.3 is 5.32 Å². The van der Waals surface area contributed by atoms with Crippen LogP contribution in [0.15, 0.2) is 60.8 Å². The Morgan fingerprint density at radius 2 is 1.83 bits per heavy atom. The summed E-state index contributed by atoms with van der Waals surface area (Å²) in [7, 11) is 0. The van der Waals surface area contributed by atoms with E-state index in [1.54, 1.807) is 34.1 Å². The first-order valence-electron chi connectivity index (χ1n) is 9.41. The van der Waals surface area contributed by atoms with Gasteiger partial charge in [-0.3, -0.25) is 9.20 Å². The van der Waals surface area contributed by atoms with Crippen LogP contribution in [0.2, 0.25) is 5.02 Å². The molecule has 0 spiro atoms. The molecule has 0 aliphatic rings. The lowest BCUT2D eigenvalue weighted by molar-refractivity contribution is 0.102. The molecule has 1 N–H and O–H groups in total. The SMILES string of the molecule is Cc1ccc2nc(-c3ccc(NC(=O)c4c(C)nc5cc(Cl)ccn45)cc3)sc2c1. The van der Waals surface area contributed by atoms with Crippen LogP contribution in [0.25, 0.3) is 26.4 Å². The lowest BCUT2D eigenvalue weighted by Crippen LogP contribution is -2.15. The van der Waals surface area contributed by atoms with Gasteiger partial charge in [0.15, 0.2) is 0 Å². The number of rotatable bonds is 3. The Morgan fingerprint density at radius 1 is 1.03 bits per heavy atom. The van der Waals surface area contributed by atoms with E-state index >= 15 is 0 Å². The second-order valence-corrected chi connectivity index (χ2v) is 8.61. The summed E-state index contributed by atoms with van der Waals surface area (Å²) in [5, 5.41) is 4.50. The van der Waals surface area contributed by atoms with Gasteiger partial charge in [-0.1, -0.05) is 17.7 Å². The zero-order chi connectivity index (χ0) is 20.8. The summed E-state index contributed by atoms with van der Waals surface area (Å²) >= 11 is 7.70. The van der Waals surface area contributed by atoms with Gasteiger partial charge in [0, 0.05) is 28.5 Å². The van der Waals surface area contributed by atoms with Crippen molar-refractivity contribution < 1.29 is 4.79 Å². The van der Waals surface area contributed by atoms with Gasteiger partial charge in [-0.25, -0.2) is 9.97 Å². The molecule has 1 amide bonds. The number of nitrogens with one attached hydrogen (secondary N) is 1. The summed E-state index contributed by atoms with van der Waals surface area (Å²) in [5.74, 6) is -0.217. The predicted molar refractivity (Wildman–Crippen MR) is 123 cm³/mol. The molecule has 0 saturated heterocycles. The van der Waals surface area contributed by atoms with Gasteiger partial charge in [-0.2, -0.15) is 0 Å². The van der Waals surface area contributed by atoms with Gasteiger partial charge >= 0.3 is 0 Å². The summed E-state index contributed by atoms with van der Waals surface area (Å²) in [5.41, 5.74) is 5.74. The summed E-state index contributed by atoms with van der Waals surface area (Å²) in [4.78, 5) is 22.0. The molecule has 0 unspecified atom stereocenters. The predicted octanol–water partition coefficient (Wildman–Crippen LogP) is 6.13. The Balaban J connectivity index is 1.41. The maximum absolute atomic E-state index is 12.9. The maximum Gasteiger partial charge on any atom is 0.274 e. The molecule has 30 heavy (non-hydrogen) atoms. The van der Waals surface area contributed by atoms with Crippen LogP contribution in [0.1, 0.15) is 21.7 Å². The van der Waals surface area contributed by atoms with E-state index in [0.717, 1.165) is 16.1 Å². The van der Waals surface area contributed by atoms with Crippen LogP contribution in [0.5, 0.6) is 0 Å². The third kappa shape index (κ3) is 3.34. The normalized spacial score (nSPS) is 11.3. The number of pyridine rings is 1. The van der Waals surface area contributed by atoms with Gasteiger partial charge in [0.25, 0.3) is 5.91 Å². The van der Waals surface area contributed by atoms with Crippen molar-refractivity contribution in [3.8, 4) is 10.6 Å². The summed E-state index contributed by atoms with van der Waals surface area (Å²) in [6, 6.07) is 17.5. The van der Waals surface area contributed by atoms with Crippen molar-refractivity contribution in [1.82, 2.24) is 14.4 Å². The monoisotopic (exact) mass is 432 g/mol. The van der Waals surface area contributed by atoms with Crippen LogP contribution in [0, 0.1) is 13.8 Å². The molecule has 5 rings (SSSR count). The van der Waals surface area contributed by atoms with Gasteiger partial charge in [0.05, 0.1) is 15.9 Å². The molecule has 5 aromatic rings. The minimum Gasteiger partial charge on any atom is -0.321 e. The number of nitrogens with zero attached hydrogens (tertiary/aromatic N) is 3. The van der Waals surface area contributed by atoms with Crippen molar-refractivity contribution in [2.75, 3.05) is 5.32 Å². The zero-order valence-corrected chi connectivity index (χ0v) is 17.9. The number of imidazole rings is 1. The molecule has 0 radical (unpaired) electrons. The number of hydrogen-bond acceptors (Lipinski definition) is 4. The highest BCUT2D eigenvalue weighted by Gasteiger charge is 2.17. The highest BCUT2D eigenvalue weighted by molar-refractivity contribution is 7.21. The van der Waals surface area contributed by atoms with Crippen molar-refractivity contribution in [3.05, 3.63) is 82.8 Å². The van der Waals surface area contributed by atoms with E-state index in [2.05, 4.69) is 29.4 Å². The van der Waals surface area contributed by atoms with E-state index in [1.807, 2.05) is 37.3 Å². The second kappa shape index (κ2) is 7.23. The molecule has 3 heterocycles. The minimum absolute atomic E-state index is 0.217. The highest BCUT2D eigenvalue weighted by atomic mass is 35.5. The van der Waals surface area contributed by atoms with Crippen molar-refractivity contribution >= 4 is 50.4 Å². The molecular weight excluding hydrogens is 416 g/mol. The fourth-order valence-corrected chi connectivity index (χ4v) is 4.68. The number of hydrogen-bond donors (Lipinski definition) is 1. The number of amides is 1. The van der Waals surface area contributed by atoms with Crippen LogP contribution in [-0.2, 0) is 0 Å². The fraction of sp³-hybridized carbons (Fsp3) is 0.0870. The third-order valence-corrected chi connectivity index (χ3v) is 6.21. The van der Waals surface area contributed by atoms with E-state index in [1.165, 1.54) is 10.3 Å². The van der Waals surface area contributed by atoms with Gasteiger partial charge in [-0.15, -0.1) is 11.3 Å². The van der Waals surface area contributed by atoms with Crippen molar-refractivity contribution in [2.45, 2.75) is 13.8 Å². The number of carbonyl (C=O) groups excluding carboxylic acids is 1. The van der Waals surface area contributed by atoms with Gasteiger partial charge in [0.2, 0.25) is 0 Å². The minimum atomic E-state index is -0.217. The van der Waals surface area contributed by atoms with E-state index in [-0.39, 0.29) is 5.91 Å². The van der Waals surface area contributed by atoms with E-state index in [0.29, 0.717) is 27.7 Å². The number of anilines is 1. The first-order chi connectivity index (χ1) is 14.5. The van der Waals surface area contributed by atoms with Gasteiger partial charge in [0.1, 0.15) is 16.3 Å². The van der Waals surface area contributed by atoms with Crippen LogP contribution >= 0.6 is 22.9 Å². The average molecular weight is 433 g/mol. The molecule has 5 nitrogen and oxygen atoms in total. The van der Waals surface area contributed by atoms with Crippen LogP contribution < -0.4 is 5.32 Å². The molecule has 2 aromatic carbocycles. The molecule has 148 valence electrons. The van der Waals surface area contributed by atoms with Crippen molar-refractivity contribution in [3.63, 3.8) is 0 Å². The Hall–Kier alpha value is -3.22. The first-order valence-corrected chi connectivity index (χ1v) is 10.6. The Bertz CT molecular complexity index is 1420. The largest absolute Gasteiger partial charge is 0.321 e. The molecule has 0 atom stereocenters. The average Bonchev–Trinajstić information content (AvgIpc) is 3.27. The summed E-state index contributed by atoms with van der Waals surface area (Å²) in [6.07, 6.45) is 1.75. The fourth-order valence-electron chi connectivity index (χ4n) is 3.45. The Labute approximate surface area is 182 Å². The number of fused-ring (bicyclic) bond motifs is 2. The van der Waals surface area contributed by atoms with E-state index in [9.17, 15) is 4.79 Å². The highest BCUT2D eigenvalue weighted by Crippen LogP contribution is 2.31. The quantitative estimate of drug-likeness (QED) is 0.373. The van der Waals surface area contributed by atoms with Crippen molar-refractivity contribution in [1.29, 1.82) is 0 Å². The van der Waals surface area contributed by atoms with Crippen LogP contribution in [-0.4, -0.2) is 20.3 Å². The lowest BCUT2D eigenvalue weighted by atomic mass is 10.2. The number of aromatic nitrogens is 3. The first kappa shape index (κ1) is 18.8.